The van der Waals surface area contributed by atoms with E-state index < -0.39 is 17.5 Å². The lowest BCUT2D eigenvalue weighted by Gasteiger charge is -2.34. The van der Waals surface area contributed by atoms with Gasteiger partial charge in [-0.3, -0.25) is 0 Å². The fourth-order valence-electron chi connectivity index (χ4n) is 6.51. The Morgan fingerprint density at radius 3 is 1.89 bits per heavy atom. The average molecular weight is 579 g/mol. The smallest absolute Gasteiger partial charge is 0.330 e. The fraction of sp³-hybridized carbons (Fsp3) is 0.103. The number of fused-ring (bicyclic) bond motifs is 5. The van der Waals surface area contributed by atoms with Gasteiger partial charge in [0.05, 0.1) is 5.41 Å². The molecule has 1 aliphatic carbocycles. The number of phenols is 1. The first-order chi connectivity index (χ1) is 21.5. The van der Waals surface area contributed by atoms with E-state index in [9.17, 15) is 15.0 Å². The van der Waals surface area contributed by atoms with Gasteiger partial charge in [-0.05, 0) is 91.3 Å². The molecule has 0 saturated carbocycles. The van der Waals surface area contributed by atoms with Crippen molar-refractivity contribution in [3.8, 4) is 22.6 Å². The van der Waals surface area contributed by atoms with Crippen molar-refractivity contribution in [2.45, 2.75) is 11.5 Å². The minimum absolute atomic E-state index is 0.00949. The Kier molecular flexibility index (Phi) is 6.88. The molecule has 5 heteroatoms. The quantitative estimate of drug-likeness (QED) is 0.144. The largest absolute Gasteiger partial charge is 0.508 e. The second-order valence-electron chi connectivity index (χ2n) is 11.1. The van der Waals surface area contributed by atoms with E-state index >= 15 is 0 Å². The maximum Gasteiger partial charge on any atom is 0.330 e. The second kappa shape index (κ2) is 11.0. The molecule has 0 spiro atoms. The van der Waals surface area contributed by atoms with Gasteiger partial charge in [0.15, 0.2) is 0 Å². The van der Waals surface area contributed by atoms with Crippen LogP contribution in [0.2, 0.25) is 0 Å². The number of aliphatic hydroxyl groups excluding tert-OH is 1. The zero-order valence-electron chi connectivity index (χ0n) is 23.9. The van der Waals surface area contributed by atoms with Crippen molar-refractivity contribution in [3.63, 3.8) is 0 Å². The van der Waals surface area contributed by atoms with E-state index in [1.54, 1.807) is 12.1 Å². The molecule has 7 rings (SSSR count). The topological polar surface area (TPSA) is 76.0 Å². The van der Waals surface area contributed by atoms with E-state index in [2.05, 4.69) is 91.5 Å². The highest BCUT2D eigenvalue weighted by Gasteiger charge is 2.46. The van der Waals surface area contributed by atoms with Crippen LogP contribution in [0, 0.1) is 0 Å². The number of hydrogen-bond donors (Lipinski definition) is 2. The summed E-state index contributed by atoms with van der Waals surface area (Å²) in [4.78, 5) is 11.3. The summed E-state index contributed by atoms with van der Waals surface area (Å²) in [5.74, 6) is 0.280. The molecule has 44 heavy (non-hydrogen) atoms. The van der Waals surface area contributed by atoms with Gasteiger partial charge in [0, 0.05) is 6.08 Å². The van der Waals surface area contributed by atoms with Crippen LogP contribution in [0.3, 0.4) is 0 Å². The number of aromatic hydroxyl groups is 1. The van der Waals surface area contributed by atoms with Crippen molar-refractivity contribution < 1.29 is 24.5 Å². The van der Waals surface area contributed by atoms with Crippen LogP contribution in [0.4, 0.5) is 0 Å². The molecule has 1 atom stereocenters. The van der Waals surface area contributed by atoms with E-state index in [4.69, 9.17) is 9.47 Å². The first-order valence-corrected chi connectivity index (χ1v) is 14.5. The van der Waals surface area contributed by atoms with Crippen LogP contribution in [0.25, 0.3) is 32.7 Å². The predicted molar refractivity (Wildman–Crippen MR) is 173 cm³/mol. The number of carbonyl (C=O) groups is 1. The zero-order valence-corrected chi connectivity index (χ0v) is 23.9. The number of hydrogen-bond acceptors (Lipinski definition) is 5. The monoisotopic (exact) mass is 578 g/mol. The van der Waals surface area contributed by atoms with Gasteiger partial charge in [-0.1, -0.05) is 91.5 Å². The maximum atomic E-state index is 11.3. The van der Waals surface area contributed by atoms with E-state index in [1.807, 2.05) is 24.3 Å². The molecule has 1 unspecified atom stereocenters. The molecule has 0 fully saturated rings. The zero-order chi connectivity index (χ0) is 30.3. The molecule has 0 radical (unpaired) electrons. The Morgan fingerprint density at radius 2 is 1.25 bits per heavy atom. The highest BCUT2D eigenvalue weighted by molar-refractivity contribution is 5.92. The molecule has 0 amide bonds. The summed E-state index contributed by atoms with van der Waals surface area (Å²) < 4.78 is 10.7. The molecular weight excluding hydrogens is 548 g/mol. The minimum Gasteiger partial charge on any atom is -0.508 e. The highest BCUT2D eigenvalue weighted by Crippen LogP contribution is 2.56. The Balaban J connectivity index is 1.33. The van der Waals surface area contributed by atoms with E-state index in [1.165, 1.54) is 22.3 Å². The molecule has 1 aliphatic rings. The lowest BCUT2D eigenvalue weighted by atomic mass is 9.67. The van der Waals surface area contributed by atoms with Gasteiger partial charge in [-0.2, -0.15) is 0 Å². The Morgan fingerprint density at radius 1 is 0.705 bits per heavy atom. The standard InChI is InChI=1S/C39H30O5/c1-2-38(42)44-24-32(41)23-43-33-18-14-26-20-30(16-12-28(26)22-33)39(29-15-11-27-21-31(40)17-13-25(27)19-29)36-9-5-3-7-34(36)35-8-4-6-10-37(35)39/h2-22,32,40-41H,1,23-24H2. The Hall–Kier alpha value is -5.39. The third kappa shape index (κ3) is 4.59. The molecule has 0 saturated heterocycles. The number of esters is 1. The summed E-state index contributed by atoms with van der Waals surface area (Å²) in [7, 11) is 0. The lowest BCUT2D eigenvalue weighted by Crippen LogP contribution is -2.28. The van der Waals surface area contributed by atoms with Gasteiger partial charge in [-0.15, -0.1) is 0 Å². The van der Waals surface area contributed by atoms with E-state index in [0.29, 0.717) is 5.75 Å². The van der Waals surface area contributed by atoms with Crippen LogP contribution >= 0.6 is 0 Å². The van der Waals surface area contributed by atoms with Crippen LogP contribution < -0.4 is 4.74 Å². The first-order valence-electron chi connectivity index (χ1n) is 14.5. The molecule has 6 aromatic rings. The fourth-order valence-corrected chi connectivity index (χ4v) is 6.51. The SMILES string of the molecule is C=CC(=O)OCC(O)COc1ccc2cc(C3(c4ccc5cc(O)ccc5c4)c4ccccc4-c4ccccc43)ccc2c1. The van der Waals surface area contributed by atoms with Crippen molar-refractivity contribution in [1.82, 2.24) is 0 Å². The molecular formula is C39H30O5. The molecule has 2 N–H and O–H groups in total. The highest BCUT2D eigenvalue weighted by atomic mass is 16.5. The summed E-state index contributed by atoms with van der Waals surface area (Å²) in [5, 5.41) is 24.4. The van der Waals surface area contributed by atoms with Crippen LogP contribution in [-0.4, -0.2) is 35.5 Å². The van der Waals surface area contributed by atoms with Crippen LogP contribution in [-0.2, 0) is 14.9 Å². The van der Waals surface area contributed by atoms with Gasteiger partial charge in [0.1, 0.15) is 30.8 Å². The van der Waals surface area contributed by atoms with Crippen molar-refractivity contribution in [3.05, 3.63) is 156 Å². The number of aliphatic hydroxyl groups is 1. The summed E-state index contributed by atoms with van der Waals surface area (Å²) in [6.07, 6.45) is 0.106. The molecule has 0 aliphatic heterocycles. The molecule has 5 nitrogen and oxygen atoms in total. The third-order valence-electron chi connectivity index (χ3n) is 8.48. The first kappa shape index (κ1) is 27.4. The summed E-state index contributed by atoms with van der Waals surface area (Å²) in [5.41, 5.74) is 6.63. The average Bonchev–Trinajstić information content (AvgIpc) is 3.37. The molecule has 6 aromatic carbocycles. The molecule has 0 aromatic heterocycles. The number of ether oxygens (including phenoxy) is 2. The van der Waals surface area contributed by atoms with Crippen LogP contribution in [0.15, 0.2) is 134 Å². The second-order valence-corrected chi connectivity index (χ2v) is 11.1. The Bertz CT molecular complexity index is 2010. The minimum atomic E-state index is -0.953. The van der Waals surface area contributed by atoms with Crippen molar-refractivity contribution in [2.24, 2.45) is 0 Å². The normalized spacial score (nSPS) is 13.7. The van der Waals surface area contributed by atoms with Gasteiger partial charge < -0.3 is 19.7 Å². The molecule has 216 valence electrons. The number of carbonyl (C=O) groups excluding carboxylic acids is 1. The van der Waals surface area contributed by atoms with Crippen molar-refractivity contribution in [2.75, 3.05) is 13.2 Å². The number of benzene rings is 6. The van der Waals surface area contributed by atoms with Crippen LogP contribution in [0.1, 0.15) is 22.3 Å². The van der Waals surface area contributed by atoms with Crippen molar-refractivity contribution >= 4 is 27.5 Å². The number of rotatable bonds is 8. The Labute approximate surface area is 255 Å². The predicted octanol–water partition coefficient (Wildman–Crippen LogP) is 7.53. The molecule has 0 bridgehead atoms. The van der Waals surface area contributed by atoms with Crippen molar-refractivity contribution in [1.29, 1.82) is 0 Å². The van der Waals surface area contributed by atoms with Gasteiger partial charge in [-0.25, -0.2) is 4.79 Å². The molecule has 0 heterocycles. The lowest BCUT2D eigenvalue weighted by molar-refractivity contribution is -0.141. The van der Waals surface area contributed by atoms with Gasteiger partial charge in [0.25, 0.3) is 0 Å². The van der Waals surface area contributed by atoms with Crippen LogP contribution in [0.5, 0.6) is 11.5 Å². The van der Waals surface area contributed by atoms with E-state index in [0.717, 1.165) is 38.7 Å². The summed E-state index contributed by atoms with van der Waals surface area (Å²) >= 11 is 0. The number of phenolic OH excluding ortho intramolecular Hbond substituents is 1. The van der Waals surface area contributed by atoms with Gasteiger partial charge in [0.2, 0.25) is 0 Å². The van der Waals surface area contributed by atoms with E-state index in [-0.39, 0.29) is 19.0 Å². The summed E-state index contributed by atoms with van der Waals surface area (Å²) in [6, 6.07) is 41.7. The maximum absolute atomic E-state index is 11.3. The third-order valence-corrected chi connectivity index (χ3v) is 8.48. The summed E-state index contributed by atoms with van der Waals surface area (Å²) in [6.45, 7) is 3.18. The van der Waals surface area contributed by atoms with Gasteiger partial charge >= 0.3 is 5.97 Å².